The van der Waals surface area contributed by atoms with Crippen molar-refractivity contribution in [1.29, 1.82) is 0 Å². The van der Waals surface area contributed by atoms with Crippen LogP contribution in [-0.2, 0) is 0 Å². The Labute approximate surface area is 108 Å². The lowest BCUT2D eigenvalue weighted by Crippen LogP contribution is -2.42. The number of pyridine rings is 1. The normalized spacial score (nSPS) is 21.7. The van der Waals surface area contributed by atoms with Crippen molar-refractivity contribution in [2.75, 3.05) is 32.4 Å². The number of anilines is 1. The average molecular weight is 248 g/mol. The molecule has 1 atom stereocenters. The van der Waals surface area contributed by atoms with Crippen LogP contribution >= 0.6 is 0 Å². The van der Waals surface area contributed by atoms with Gasteiger partial charge in [0.15, 0.2) is 0 Å². The molecule has 1 aliphatic heterocycles. The number of aromatic nitrogens is 1. The molecule has 98 valence electrons. The van der Waals surface area contributed by atoms with E-state index >= 15 is 0 Å². The molecule has 5 nitrogen and oxygen atoms in total. The van der Waals surface area contributed by atoms with Crippen molar-refractivity contribution < 1.29 is 4.79 Å². The molecule has 1 amide bonds. The van der Waals surface area contributed by atoms with Gasteiger partial charge in [-0.1, -0.05) is 0 Å². The van der Waals surface area contributed by atoms with Crippen LogP contribution < -0.4 is 5.73 Å². The van der Waals surface area contributed by atoms with E-state index in [1.807, 2.05) is 4.90 Å². The van der Waals surface area contributed by atoms with Crippen molar-refractivity contribution in [2.45, 2.75) is 19.4 Å². The Morgan fingerprint density at radius 3 is 3.00 bits per heavy atom. The monoisotopic (exact) mass is 248 g/mol. The number of nitrogen functional groups attached to an aromatic ring is 1. The van der Waals surface area contributed by atoms with Crippen molar-refractivity contribution in [1.82, 2.24) is 14.8 Å². The first kappa shape index (κ1) is 12.8. The minimum Gasteiger partial charge on any atom is -0.397 e. The van der Waals surface area contributed by atoms with Crippen molar-refractivity contribution in [3.05, 3.63) is 24.0 Å². The Morgan fingerprint density at radius 2 is 2.28 bits per heavy atom. The van der Waals surface area contributed by atoms with Crippen LogP contribution in [-0.4, -0.2) is 53.4 Å². The fraction of sp³-hybridized carbons (Fsp3) is 0.538. The summed E-state index contributed by atoms with van der Waals surface area (Å²) in [6.45, 7) is 4.79. The maximum Gasteiger partial charge on any atom is 0.256 e. The second-order valence-corrected chi connectivity index (χ2v) is 4.93. The molecule has 0 aliphatic carbocycles. The first-order valence-electron chi connectivity index (χ1n) is 6.28. The molecule has 0 aromatic carbocycles. The molecular formula is C13H20N4O. The number of rotatable bonds is 1. The summed E-state index contributed by atoms with van der Waals surface area (Å²) in [4.78, 5) is 20.6. The molecule has 18 heavy (non-hydrogen) atoms. The van der Waals surface area contributed by atoms with Gasteiger partial charge < -0.3 is 15.5 Å². The number of likely N-dealkylation sites (N-methyl/N-ethyl adjacent to an activating group) is 1. The molecule has 1 saturated heterocycles. The van der Waals surface area contributed by atoms with Crippen LogP contribution in [0.3, 0.4) is 0 Å². The first-order valence-corrected chi connectivity index (χ1v) is 6.28. The van der Waals surface area contributed by atoms with Gasteiger partial charge in [0, 0.05) is 25.3 Å². The summed E-state index contributed by atoms with van der Waals surface area (Å²) in [6.07, 6.45) is 4.14. The summed E-state index contributed by atoms with van der Waals surface area (Å²) in [5.41, 5.74) is 6.83. The Hall–Kier alpha value is -1.62. The van der Waals surface area contributed by atoms with Crippen LogP contribution in [0.15, 0.2) is 18.5 Å². The lowest BCUT2D eigenvalue weighted by molar-refractivity contribution is 0.0697. The highest BCUT2D eigenvalue weighted by Gasteiger charge is 2.25. The molecule has 0 saturated carbocycles. The number of carbonyl (C=O) groups excluding carboxylic acids is 1. The van der Waals surface area contributed by atoms with E-state index in [1.165, 1.54) is 6.20 Å². The molecule has 0 radical (unpaired) electrons. The highest BCUT2D eigenvalue weighted by molar-refractivity contribution is 5.99. The van der Waals surface area contributed by atoms with Crippen LogP contribution in [0.2, 0.25) is 0 Å². The third kappa shape index (κ3) is 2.61. The van der Waals surface area contributed by atoms with E-state index in [0.29, 0.717) is 11.3 Å². The number of carbonyl (C=O) groups is 1. The van der Waals surface area contributed by atoms with E-state index in [9.17, 15) is 4.79 Å². The van der Waals surface area contributed by atoms with E-state index in [-0.39, 0.29) is 11.9 Å². The molecule has 1 aliphatic rings. The summed E-state index contributed by atoms with van der Waals surface area (Å²) in [6, 6.07) is 1.90. The quantitative estimate of drug-likeness (QED) is 0.799. The van der Waals surface area contributed by atoms with Gasteiger partial charge in [-0.15, -0.1) is 0 Å². The van der Waals surface area contributed by atoms with Gasteiger partial charge >= 0.3 is 0 Å². The van der Waals surface area contributed by atoms with Crippen LogP contribution in [0, 0.1) is 0 Å². The number of nitrogens with two attached hydrogens (primary N) is 1. The third-order valence-electron chi connectivity index (χ3n) is 3.39. The summed E-state index contributed by atoms with van der Waals surface area (Å²) < 4.78 is 0. The molecule has 2 rings (SSSR count). The number of amides is 1. The highest BCUT2D eigenvalue weighted by Crippen LogP contribution is 2.16. The minimum atomic E-state index is 0.0118. The predicted molar refractivity (Wildman–Crippen MR) is 71.3 cm³/mol. The predicted octanol–water partition coefficient (Wildman–Crippen LogP) is 0.830. The number of hydrogen-bond donors (Lipinski definition) is 1. The zero-order valence-corrected chi connectivity index (χ0v) is 11.0. The summed E-state index contributed by atoms with van der Waals surface area (Å²) >= 11 is 0. The first-order chi connectivity index (χ1) is 8.59. The van der Waals surface area contributed by atoms with Crippen LogP contribution in [0.4, 0.5) is 5.69 Å². The summed E-state index contributed by atoms with van der Waals surface area (Å²) in [5, 5.41) is 0. The van der Waals surface area contributed by atoms with Crippen molar-refractivity contribution in [3.8, 4) is 0 Å². The Bertz CT molecular complexity index is 435. The third-order valence-corrected chi connectivity index (χ3v) is 3.39. The zero-order valence-electron chi connectivity index (χ0n) is 11.0. The summed E-state index contributed by atoms with van der Waals surface area (Å²) in [5.74, 6) is 0.0118. The van der Waals surface area contributed by atoms with Gasteiger partial charge in [-0.25, -0.2) is 0 Å². The van der Waals surface area contributed by atoms with Gasteiger partial charge in [0.1, 0.15) is 0 Å². The topological polar surface area (TPSA) is 62.5 Å². The molecule has 0 bridgehead atoms. The van der Waals surface area contributed by atoms with Crippen LogP contribution in [0.1, 0.15) is 23.7 Å². The highest BCUT2D eigenvalue weighted by atomic mass is 16.2. The Balaban J connectivity index is 2.20. The molecule has 1 aromatic heterocycles. The van der Waals surface area contributed by atoms with Crippen LogP contribution in [0.25, 0.3) is 0 Å². The van der Waals surface area contributed by atoms with E-state index in [4.69, 9.17) is 5.73 Å². The molecule has 2 heterocycles. The zero-order chi connectivity index (χ0) is 13.1. The smallest absolute Gasteiger partial charge is 0.256 e. The largest absolute Gasteiger partial charge is 0.397 e. The van der Waals surface area contributed by atoms with Gasteiger partial charge in [-0.2, -0.15) is 0 Å². The molecule has 5 heteroatoms. The Morgan fingerprint density at radius 1 is 1.50 bits per heavy atom. The van der Waals surface area contributed by atoms with Gasteiger partial charge in [0.05, 0.1) is 17.4 Å². The number of nitrogens with zero attached hydrogens (tertiary/aromatic N) is 3. The van der Waals surface area contributed by atoms with Crippen LogP contribution in [0.5, 0.6) is 0 Å². The fourth-order valence-electron chi connectivity index (χ4n) is 2.43. The molecule has 1 aromatic rings. The van der Waals surface area contributed by atoms with E-state index in [0.717, 1.165) is 26.1 Å². The van der Waals surface area contributed by atoms with Gasteiger partial charge in [0.2, 0.25) is 0 Å². The van der Waals surface area contributed by atoms with Gasteiger partial charge in [-0.05, 0) is 33.0 Å². The van der Waals surface area contributed by atoms with Crippen molar-refractivity contribution in [2.24, 2.45) is 0 Å². The molecule has 0 spiro atoms. The van der Waals surface area contributed by atoms with E-state index in [2.05, 4.69) is 23.9 Å². The lowest BCUT2D eigenvalue weighted by Gasteiger charge is -2.28. The summed E-state index contributed by atoms with van der Waals surface area (Å²) in [7, 11) is 2.09. The van der Waals surface area contributed by atoms with Crippen molar-refractivity contribution >= 4 is 11.6 Å². The maximum atomic E-state index is 12.5. The SMILES string of the molecule is CC1CN(C)CCCN1C(=O)c1ccncc1N. The number of hydrogen-bond acceptors (Lipinski definition) is 4. The second-order valence-electron chi connectivity index (χ2n) is 4.93. The van der Waals surface area contributed by atoms with Gasteiger partial charge in [-0.3, -0.25) is 9.78 Å². The van der Waals surface area contributed by atoms with Gasteiger partial charge in [0.25, 0.3) is 5.91 Å². The molecular weight excluding hydrogens is 228 g/mol. The molecule has 1 fully saturated rings. The second kappa shape index (κ2) is 5.35. The van der Waals surface area contributed by atoms with Crippen molar-refractivity contribution in [3.63, 3.8) is 0 Å². The minimum absolute atomic E-state index is 0.0118. The average Bonchev–Trinajstić information content (AvgIpc) is 2.50. The molecule has 1 unspecified atom stereocenters. The molecule has 2 N–H and O–H groups in total. The Kier molecular flexibility index (Phi) is 3.81. The maximum absolute atomic E-state index is 12.5. The standard InChI is InChI=1S/C13H20N4O/c1-10-9-16(2)6-3-7-17(10)13(18)11-4-5-15-8-12(11)14/h4-5,8,10H,3,6-7,9,14H2,1-2H3. The fourth-order valence-corrected chi connectivity index (χ4v) is 2.43. The van der Waals surface area contributed by atoms with E-state index < -0.39 is 0 Å². The lowest BCUT2D eigenvalue weighted by atomic mass is 10.1. The van der Waals surface area contributed by atoms with E-state index in [1.54, 1.807) is 12.3 Å².